The van der Waals surface area contributed by atoms with Gasteiger partial charge in [-0.1, -0.05) is 12.7 Å². The first-order chi connectivity index (χ1) is 4.31. The highest BCUT2D eigenvalue weighted by molar-refractivity contribution is 7.94. The van der Waals surface area contributed by atoms with Crippen molar-refractivity contribution in [1.29, 1.82) is 0 Å². The summed E-state index contributed by atoms with van der Waals surface area (Å²) >= 11 is 1.07. The molecule has 0 saturated carbocycles. The first kappa shape index (κ1) is 5.76. The number of rotatable bonds is 3. The van der Waals surface area contributed by atoms with Gasteiger partial charge in [-0.3, -0.25) is 0 Å². The van der Waals surface area contributed by atoms with Crippen molar-refractivity contribution in [3.8, 4) is 0 Å². The zero-order valence-corrected chi connectivity index (χ0v) is 5.70. The van der Waals surface area contributed by atoms with Crippen molar-refractivity contribution in [2.24, 2.45) is 0 Å². The first-order valence-corrected chi connectivity index (χ1v) is 3.12. The summed E-state index contributed by atoms with van der Waals surface area (Å²) in [5, 5.41) is 0. The molecule has 0 aliphatic carbocycles. The van der Waals surface area contributed by atoms with Crippen LogP contribution in [-0.4, -0.2) is 6.23 Å². The predicted octanol–water partition coefficient (Wildman–Crippen LogP) is 2.37. The van der Waals surface area contributed by atoms with Gasteiger partial charge in [0.1, 0.15) is 5.76 Å². The van der Waals surface area contributed by atoms with Crippen molar-refractivity contribution >= 4 is 12.0 Å². The van der Waals surface area contributed by atoms with Crippen LogP contribution in [0.4, 0.5) is 0 Å². The molecule has 0 N–H and O–H groups in total. The summed E-state index contributed by atoms with van der Waals surface area (Å²) in [7, 11) is 0. The minimum Gasteiger partial charge on any atom is -0.427 e. The average Bonchev–Trinajstić information content (AvgIpc) is 1.85. The van der Waals surface area contributed by atoms with E-state index in [1.807, 2.05) is 13.0 Å². The predicted molar refractivity (Wildman–Crippen MR) is 38.6 cm³/mol. The third-order valence-corrected chi connectivity index (χ3v) is 0.850. The van der Waals surface area contributed by atoms with Crippen LogP contribution in [0.15, 0.2) is 24.5 Å². The van der Waals surface area contributed by atoms with Gasteiger partial charge in [-0.2, -0.15) is 0 Å². The largest absolute Gasteiger partial charge is 0.427 e. The molecule has 0 unspecified atom stereocenters. The lowest BCUT2D eigenvalue weighted by Crippen LogP contribution is -1.72. The summed E-state index contributed by atoms with van der Waals surface area (Å²) in [6.45, 7) is 5.46. The Morgan fingerprint density at radius 2 is 2.75 bits per heavy atom. The van der Waals surface area contributed by atoms with Crippen molar-refractivity contribution in [3.63, 3.8) is 0 Å². The highest BCUT2D eigenvalue weighted by Crippen LogP contribution is 2.04. The Morgan fingerprint density at radius 3 is 3.25 bits per heavy atom. The standard InChI is InChI=1S/C6H10OS/c1-4-5-6(2)7-8-3/h4-5H,2H2,1,3H3/b5-4+/i3T. The normalized spacial score (nSPS) is 11.4. The van der Waals surface area contributed by atoms with Crippen LogP contribution in [0.1, 0.15) is 8.29 Å². The summed E-state index contributed by atoms with van der Waals surface area (Å²) in [6.07, 6.45) is 3.80. The first-order valence-electron chi connectivity index (χ1n) is 2.92. The van der Waals surface area contributed by atoms with Gasteiger partial charge in [0.25, 0.3) is 0 Å². The maximum Gasteiger partial charge on any atom is 0.129 e. The number of allylic oxidation sites excluding steroid dienone is 2. The molecule has 8 heavy (non-hydrogen) atoms. The summed E-state index contributed by atoms with van der Waals surface area (Å²) in [5.41, 5.74) is 0. The van der Waals surface area contributed by atoms with Gasteiger partial charge in [0.05, 0.1) is 12.0 Å². The fraction of sp³-hybridized carbons (Fsp3) is 0.333. The lowest BCUT2D eigenvalue weighted by atomic mass is 10.5. The summed E-state index contributed by atoms with van der Waals surface area (Å²) < 4.78 is 11.6. The Labute approximate surface area is 56.0 Å². The van der Waals surface area contributed by atoms with E-state index in [0.717, 1.165) is 12.0 Å². The molecule has 0 spiro atoms. The van der Waals surface area contributed by atoms with Gasteiger partial charge in [-0.15, -0.1) is 0 Å². The van der Waals surface area contributed by atoms with Gasteiger partial charge in [-0.25, -0.2) is 0 Å². The van der Waals surface area contributed by atoms with E-state index >= 15 is 0 Å². The highest BCUT2D eigenvalue weighted by atomic mass is 32.2. The smallest absolute Gasteiger partial charge is 0.129 e. The molecule has 0 aromatic rings. The Morgan fingerprint density at radius 1 is 2.00 bits per heavy atom. The van der Waals surface area contributed by atoms with E-state index < -0.39 is 0 Å². The van der Waals surface area contributed by atoms with Gasteiger partial charge in [-0.05, 0) is 13.0 Å². The van der Waals surface area contributed by atoms with Crippen LogP contribution in [-0.2, 0) is 4.18 Å². The molecule has 0 radical (unpaired) electrons. The molecule has 0 rings (SSSR count). The summed E-state index contributed by atoms with van der Waals surface area (Å²) in [6, 6.07) is 0. The maximum absolute atomic E-state index is 6.70. The fourth-order valence-electron chi connectivity index (χ4n) is 0.289. The Balaban J connectivity index is 3.27. The Kier molecular flexibility index (Phi) is 3.44. The zero-order chi connectivity index (χ0) is 7.11. The van der Waals surface area contributed by atoms with Gasteiger partial charge >= 0.3 is 0 Å². The van der Waals surface area contributed by atoms with Gasteiger partial charge < -0.3 is 4.18 Å². The van der Waals surface area contributed by atoms with E-state index in [0.29, 0.717) is 5.76 Å². The lowest BCUT2D eigenvalue weighted by Gasteiger charge is -1.95. The quantitative estimate of drug-likeness (QED) is 0.331. The number of hydrogen-bond donors (Lipinski definition) is 0. The molecule has 0 saturated heterocycles. The molecule has 0 atom stereocenters. The topological polar surface area (TPSA) is 9.23 Å². The van der Waals surface area contributed by atoms with E-state index in [-0.39, 0.29) is 6.23 Å². The van der Waals surface area contributed by atoms with Crippen molar-refractivity contribution in [1.82, 2.24) is 0 Å². The van der Waals surface area contributed by atoms with Gasteiger partial charge in [0.15, 0.2) is 0 Å². The van der Waals surface area contributed by atoms with E-state index in [1.54, 1.807) is 6.08 Å². The van der Waals surface area contributed by atoms with E-state index in [9.17, 15) is 0 Å². The Hall–Kier alpha value is -0.370. The van der Waals surface area contributed by atoms with Crippen LogP contribution >= 0.6 is 12.0 Å². The Bertz CT molecular complexity index is 112. The van der Waals surface area contributed by atoms with Crippen molar-refractivity contribution in [2.45, 2.75) is 6.92 Å². The van der Waals surface area contributed by atoms with Crippen LogP contribution in [0.2, 0.25) is 0 Å². The second-order valence-corrected chi connectivity index (χ2v) is 1.57. The van der Waals surface area contributed by atoms with Crippen LogP contribution in [0.25, 0.3) is 0 Å². The molecule has 2 heteroatoms. The van der Waals surface area contributed by atoms with Crippen LogP contribution in [0, 0.1) is 0 Å². The average molecular weight is 132 g/mol. The van der Waals surface area contributed by atoms with E-state index in [2.05, 4.69) is 6.58 Å². The summed E-state index contributed by atoms with van der Waals surface area (Å²) in [5.74, 6) is 0.592. The maximum atomic E-state index is 6.70. The molecule has 0 aromatic heterocycles. The second-order valence-electron chi connectivity index (χ2n) is 1.17. The van der Waals surface area contributed by atoms with E-state index in [4.69, 9.17) is 5.55 Å². The zero-order valence-electron chi connectivity index (χ0n) is 5.89. The molecular weight excluding hydrogens is 120 g/mol. The fourth-order valence-corrected chi connectivity index (χ4v) is 0.496. The lowest BCUT2D eigenvalue weighted by molar-refractivity contribution is 0.528. The molecule has 0 amide bonds. The molecule has 0 aromatic carbocycles. The summed E-state index contributed by atoms with van der Waals surface area (Å²) in [4.78, 5) is 0. The van der Waals surface area contributed by atoms with Gasteiger partial charge in [0.2, 0.25) is 0 Å². The third-order valence-electron chi connectivity index (χ3n) is 0.519. The molecule has 0 heterocycles. The van der Waals surface area contributed by atoms with Crippen molar-refractivity contribution < 1.29 is 5.55 Å². The monoisotopic (exact) mass is 132 g/mol. The van der Waals surface area contributed by atoms with E-state index in [1.165, 1.54) is 0 Å². The van der Waals surface area contributed by atoms with Crippen molar-refractivity contribution in [3.05, 3.63) is 24.5 Å². The third kappa shape index (κ3) is 3.81. The minimum atomic E-state index is 0.205. The minimum absolute atomic E-state index is 0.205. The molecule has 0 fully saturated rings. The van der Waals surface area contributed by atoms with Crippen molar-refractivity contribution in [2.75, 3.05) is 6.23 Å². The molecule has 0 aliphatic heterocycles. The molecule has 0 bridgehead atoms. The van der Waals surface area contributed by atoms with Crippen LogP contribution < -0.4 is 0 Å². The molecule has 1 nitrogen and oxygen atoms in total. The SMILES string of the molecule is [3H]CSOC(=C)/C=C/C. The van der Waals surface area contributed by atoms with Crippen LogP contribution in [0.3, 0.4) is 0 Å². The highest BCUT2D eigenvalue weighted by Gasteiger charge is 1.81. The molecule has 46 valence electrons. The van der Waals surface area contributed by atoms with Gasteiger partial charge in [0, 0.05) is 7.60 Å². The molecule has 0 aliphatic rings. The number of hydrogen-bond acceptors (Lipinski definition) is 2. The molecular formula is C6H10OS. The second kappa shape index (κ2) is 4.78. The van der Waals surface area contributed by atoms with Crippen LogP contribution in [0.5, 0.6) is 0 Å².